The normalized spacial score (nSPS) is 11.3. The molecule has 5 nitrogen and oxygen atoms in total. The summed E-state index contributed by atoms with van der Waals surface area (Å²) in [5.41, 5.74) is 4.34. The number of aromatic hydroxyl groups is 1. The van der Waals surface area contributed by atoms with E-state index in [-0.39, 0.29) is 5.75 Å². The van der Waals surface area contributed by atoms with Crippen molar-refractivity contribution in [2.75, 3.05) is 25.0 Å². The topological polar surface area (TPSA) is 61.3 Å². The Bertz CT molecular complexity index is 1010. The summed E-state index contributed by atoms with van der Waals surface area (Å²) >= 11 is 5.98. The molecule has 0 aliphatic heterocycles. The molecule has 0 bridgehead atoms. The number of rotatable bonds is 11. The Morgan fingerprint density at radius 3 is 2.69 bits per heavy atom. The van der Waals surface area contributed by atoms with Crippen molar-refractivity contribution in [3.8, 4) is 17.0 Å². The maximum absolute atomic E-state index is 9.55. The van der Waals surface area contributed by atoms with Gasteiger partial charge in [-0.05, 0) is 67.2 Å². The number of nitrogens with one attached hydrogen (secondary N) is 1. The van der Waals surface area contributed by atoms with E-state index in [0.29, 0.717) is 23.4 Å². The highest BCUT2D eigenvalue weighted by Gasteiger charge is 2.08. The zero-order chi connectivity index (χ0) is 22.9. The van der Waals surface area contributed by atoms with Crippen LogP contribution >= 0.6 is 11.6 Å². The second-order valence-corrected chi connectivity index (χ2v) is 8.89. The summed E-state index contributed by atoms with van der Waals surface area (Å²) in [7, 11) is 0. The zero-order valence-electron chi connectivity index (χ0n) is 19.2. The molecule has 1 heterocycles. The van der Waals surface area contributed by atoms with Crippen molar-refractivity contribution in [3.63, 3.8) is 0 Å². The van der Waals surface area contributed by atoms with E-state index in [4.69, 9.17) is 16.6 Å². The van der Waals surface area contributed by atoms with Crippen LogP contribution in [0, 0.1) is 5.92 Å². The van der Waals surface area contributed by atoms with Crippen LogP contribution in [0.2, 0.25) is 5.02 Å². The third-order valence-corrected chi connectivity index (χ3v) is 5.77. The SMILES string of the molecule is CCN(CCC(C)C)Cc1cccc(-c2ccnc(NCCc3ccc(O)c(Cl)c3)n2)c1. The van der Waals surface area contributed by atoms with E-state index in [1.165, 1.54) is 12.0 Å². The maximum Gasteiger partial charge on any atom is 0.223 e. The van der Waals surface area contributed by atoms with Gasteiger partial charge in [0.25, 0.3) is 0 Å². The van der Waals surface area contributed by atoms with Crippen LogP contribution in [0.25, 0.3) is 11.3 Å². The Kier molecular flexibility index (Phi) is 8.89. The Morgan fingerprint density at radius 1 is 1.09 bits per heavy atom. The molecule has 3 aromatic rings. The van der Waals surface area contributed by atoms with Crippen molar-refractivity contribution in [1.82, 2.24) is 14.9 Å². The van der Waals surface area contributed by atoms with Gasteiger partial charge in [-0.1, -0.05) is 56.6 Å². The van der Waals surface area contributed by atoms with Crippen molar-refractivity contribution in [2.45, 2.75) is 40.2 Å². The van der Waals surface area contributed by atoms with Gasteiger partial charge >= 0.3 is 0 Å². The second-order valence-electron chi connectivity index (χ2n) is 8.48. The van der Waals surface area contributed by atoms with Crippen LogP contribution in [0.5, 0.6) is 5.75 Å². The van der Waals surface area contributed by atoms with Gasteiger partial charge in [0.05, 0.1) is 10.7 Å². The van der Waals surface area contributed by atoms with Crippen LogP contribution in [0.1, 0.15) is 38.3 Å². The first-order valence-electron chi connectivity index (χ1n) is 11.3. The quantitative estimate of drug-likeness (QED) is 0.372. The van der Waals surface area contributed by atoms with Gasteiger partial charge in [0.2, 0.25) is 5.95 Å². The monoisotopic (exact) mass is 452 g/mol. The number of hydrogen-bond donors (Lipinski definition) is 2. The zero-order valence-corrected chi connectivity index (χ0v) is 19.9. The number of phenolic OH excluding ortho intramolecular Hbond substituents is 1. The summed E-state index contributed by atoms with van der Waals surface area (Å²) < 4.78 is 0. The van der Waals surface area contributed by atoms with Crippen LogP contribution in [0.4, 0.5) is 5.95 Å². The highest BCUT2D eigenvalue weighted by molar-refractivity contribution is 6.32. The summed E-state index contributed by atoms with van der Waals surface area (Å²) in [4.78, 5) is 11.5. The highest BCUT2D eigenvalue weighted by atomic mass is 35.5. The van der Waals surface area contributed by atoms with E-state index in [2.05, 4.69) is 60.2 Å². The van der Waals surface area contributed by atoms with Gasteiger partial charge < -0.3 is 10.4 Å². The lowest BCUT2D eigenvalue weighted by molar-refractivity contribution is 0.262. The fourth-order valence-corrected chi connectivity index (χ4v) is 3.71. The number of hydrogen-bond acceptors (Lipinski definition) is 5. The Morgan fingerprint density at radius 2 is 1.94 bits per heavy atom. The third kappa shape index (κ3) is 7.21. The molecule has 0 aliphatic carbocycles. The van der Waals surface area contributed by atoms with Crippen molar-refractivity contribution in [3.05, 3.63) is 70.9 Å². The van der Waals surface area contributed by atoms with Gasteiger partial charge in [0, 0.05) is 24.8 Å². The molecular formula is C26H33ClN4O. The van der Waals surface area contributed by atoms with Crippen LogP contribution in [-0.4, -0.2) is 39.6 Å². The van der Waals surface area contributed by atoms with E-state index in [0.717, 1.165) is 42.9 Å². The van der Waals surface area contributed by atoms with E-state index >= 15 is 0 Å². The first-order valence-corrected chi connectivity index (χ1v) is 11.7. The lowest BCUT2D eigenvalue weighted by Gasteiger charge is -2.21. The van der Waals surface area contributed by atoms with Crippen LogP contribution in [0.3, 0.4) is 0 Å². The molecule has 0 atom stereocenters. The number of halogens is 1. The molecule has 0 saturated heterocycles. The minimum atomic E-state index is 0.101. The average Bonchev–Trinajstić information content (AvgIpc) is 2.79. The van der Waals surface area contributed by atoms with E-state index in [1.54, 1.807) is 18.3 Å². The maximum atomic E-state index is 9.55. The predicted octanol–water partition coefficient (Wildman–Crippen LogP) is 6.03. The molecule has 2 aromatic carbocycles. The van der Waals surface area contributed by atoms with Crippen molar-refractivity contribution in [2.24, 2.45) is 5.92 Å². The Balaban J connectivity index is 1.62. The lowest BCUT2D eigenvalue weighted by atomic mass is 10.1. The average molecular weight is 453 g/mol. The molecule has 0 fully saturated rings. The van der Waals surface area contributed by atoms with E-state index < -0.39 is 0 Å². The Hall–Kier alpha value is -2.63. The molecule has 0 saturated carbocycles. The summed E-state index contributed by atoms with van der Waals surface area (Å²) in [5.74, 6) is 1.42. The number of aromatic nitrogens is 2. The molecule has 32 heavy (non-hydrogen) atoms. The molecule has 6 heteroatoms. The largest absolute Gasteiger partial charge is 0.506 e. The van der Waals surface area contributed by atoms with Gasteiger partial charge in [-0.25, -0.2) is 9.97 Å². The first-order chi connectivity index (χ1) is 15.4. The van der Waals surface area contributed by atoms with Gasteiger partial charge in [0.1, 0.15) is 5.75 Å². The molecular weight excluding hydrogens is 420 g/mol. The van der Waals surface area contributed by atoms with Crippen molar-refractivity contribution in [1.29, 1.82) is 0 Å². The van der Waals surface area contributed by atoms with Gasteiger partial charge in [-0.2, -0.15) is 0 Å². The van der Waals surface area contributed by atoms with Crippen molar-refractivity contribution < 1.29 is 5.11 Å². The highest BCUT2D eigenvalue weighted by Crippen LogP contribution is 2.24. The number of phenols is 1. The summed E-state index contributed by atoms with van der Waals surface area (Å²) in [5, 5.41) is 13.2. The summed E-state index contributed by atoms with van der Waals surface area (Å²) in [6.45, 7) is 10.5. The van der Waals surface area contributed by atoms with Gasteiger partial charge in [-0.3, -0.25) is 4.90 Å². The lowest BCUT2D eigenvalue weighted by Crippen LogP contribution is -2.25. The smallest absolute Gasteiger partial charge is 0.223 e. The molecule has 0 amide bonds. The van der Waals surface area contributed by atoms with E-state index in [1.807, 2.05) is 12.1 Å². The summed E-state index contributed by atoms with van der Waals surface area (Å²) in [6, 6.07) is 15.8. The Labute approximate surface area is 196 Å². The van der Waals surface area contributed by atoms with Gasteiger partial charge in [-0.15, -0.1) is 0 Å². The number of benzene rings is 2. The molecule has 2 N–H and O–H groups in total. The molecule has 0 spiro atoms. The molecule has 1 aromatic heterocycles. The van der Waals surface area contributed by atoms with Crippen molar-refractivity contribution >= 4 is 17.5 Å². The third-order valence-electron chi connectivity index (χ3n) is 5.46. The minimum Gasteiger partial charge on any atom is -0.506 e. The van der Waals surface area contributed by atoms with E-state index in [9.17, 15) is 5.11 Å². The fourth-order valence-electron chi connectivity index (χ4n) is 3.51. The standard InChI is InChI=1S/C26H33ClN4O/c1-4-31(15-12-19(2)3)18-21-6-5-7-22(16-21)24-11-14-29-26(30-24)28-13-10-20-8-9-25(32)23(27)17-20/h5-9,11,14,16-17,19,32H,4,10,12-13,15,18H2,1-3H3,(H,28,29,30). The predicted molar refractivity (Wildman–Crippen MR) is 133 cm³/mol. The number of nitrogens with zero attached hydrogens (tertiary/aromatic N) is 3. The van der Waals surface area contributed by atoms with Crippen LogP contribution < -0.4 is 5.32 Å². The second kappa shape index (κ2) is 11.8. The summed E-state index contributed by atoms with van der Waals surface area (Å²) in [6.07, 6.45) is 3.76. The minimum absolute atomic E-state index is 0.101. The number of anilines is 1. The van der Waals surface area contributed by atoms with Crippen LogP contribution in [-0.2, 0) is 13.0 Å². The first kappa shape index (κ1) is 24.0. The van der Waals surface area contributed by atoms with Gasteiger partial charge in [0.15, 0.2) is 0 Å². The molecule has 0 radical (unpaired) electrons. The van der Waals surface area contributed by atoms with Crippen LogP contribution in [0.15, 0.2) is 54.7 Å². The molecule has 0 aliphatic rings. The fraction of sp³-hybridized carbons (Fsp3) is 0.385. The molecule has 3 rings (SSSR count). The molecule has 0 unspecified atom stereocenters. The molecule has 170 valence electrons.